The van der Waals surface area contributed by atoms with Gasteiger partial charge < -0.3 is 10.2 Å². The predicted molar refractivity (Wildman–Crippen MR) is 145 cm³/mol. The molecule has 1 heterocycles. The van der Waals surface area contributed by atoms with Gasteiger partial charge in [0.25, 0.3) is 5.91 Å². The number of anilines is 2. The van der Waals surface area contributed by atoms with Gasteiger partial charge in [0.15, 0.2) is 0 Å². The highest BCUT2D eigenvalue weighted by molar-refractivity contribution is 7.91. The number of urea groups is 1. The molecule has 1 aromatic heterocycles. The third-order valence-electron chi connectivity index (χ3n) is 6.28. The number of hydrogen-bond acceptors (Lipinski definition) is 6. The Morgan fingerprint density at radius 1 is 1.10 bits per heavy atom. The van der Waals surface area contributed by atoms with Gasteiger partial charge >= 0.3 is 16.2 Å². The fraction of sp³-hybridized carbons (Fsp3) is 0.160. The van der Waals surface area contributed by atoms with E-state index >= 15 is 0 Å². The van der Waals surface area contributed by atoms with E-state index in [0.717, 1.165) is 16.8 Å². The Morgan fingerprint density at radius 3 is 2.56 bits per heavy atom. The summed E-state index contributed by atoms with van der Waals surface area (Å²) in [5, 5.41) is 2.72. The van der Waals surface area contributed by atoms with E-state index in [1.165, 1.54) is 41.5 Å². The molecule has 3 N–H and O–H groups in total. The van der Waals surface area contributed by atoms with E-state index in [0.29, 0.717) is 17.3 Å². The summed E-state index contributed by atoms with van der Waals surface area (Å²) < 4.78 is 58.0. The first-order valence-electron chi connectivity index (χ1n) is 11.4. The Balaban J connectivity index is 1.41. The van der Waals surface area contributed by atoms with Crippen molar-refractivity contribution >= 4 is 66.7 Å². The van der Waals surface area contributed by atoms with Crippen molar-refractivity contribution in [3.8, 4) is 0 Å². The van der Waals surface area contributed by atoms with Crippen LogP contribution in [-0.4, -0.2) is 37.9 Å². The predicted octanol–water partition coefficient (Wildman–Crippen LogP) is 4.77. The Hall–Kier alpha value is -3.81. The SMILES string of the molecule is CN(C(=O)[C@]1(NC(=O)NS(=O)(=O)Nc2cccc(Cl)c2)CC1c1cc(F)cc(F)c1)c1ccc2scnc2c1. The van der Waals surface area contributed by atoms with Gasteiger partial charge in [-0.15, -0.1) is 11.3 Å². The standard InChI is InChI=1S/C25H20ClF2N5O4S2/c1-33(19-5-6-22-21(11-19)29-13-38-22)23(34)25(12-20(25)14-7-16(27)10-17(28)8-14)30-24(35)32-39(36,37)31-18-4-2-3-15(26)9-18/h2-11,13,20,31H,12H2,1H3,(H2,30,32,35)/t20?,25-/m0/s1. The molecule has 1 unspecified atom stereocenters. The molecule has 4 aromatic rings. The number of fused-ring (bicyclic) bond motifs is 1. The molecule has 0 aliphatic heterocycles. The minimum Gasteiger partial charge on any atom is -0.322 e. The molecule has 2 atom stereocenters. The summed E-state index contributed by atoms with van der Waals surface area (Å²) in [6.45, 7) is 0. The Labute approximate surface area is 231 Å². The number of hydrogen-bond donors (Lipinski definition) is 3. The summed E-state index contributed by atoms with van der Waals surface area (Å²) >= 11 is 7.31. The van der Waals surface area contributed by atoms with Gasteiger partial charge in [0.1, 0.15) is 17.2 Å². The van der Waals surface area contributed by atoms with Crippen molar-refractivity contribution in [1.82, 2.24) is 15.0 Å². The number of thiazole rings is 1. The van der Waals surface area contributed by atoms with Crippen molar-refractivity contribution in [3.63, 3.8) is 0 Å². The zero-order chi connectivity index (χ0) is 27.9. The van der Waals surface area contributed by atoms with Gasteiger partial charge in [-0.2, -0.15) is 8.42 Å². The number of amides is 3. The van der Waals surface area contributed by atoms with Crippen LogP contribution in [0.4, 0.5) is 25.0 Å². The van der Waals surface area contributed by atoms with Crippen LogP contribution >= 0.6 is 22.9 Å². The van der Waals surface area contributed by atoms with Crippen molar-refractivity contribution in [3.05, 3.63) is 88.4 Å². The number of carbonyl (C=O) groups is 2. The summed E-state index contributed by atoms with van der Waals surface area (Å²) in [6.07, 6.45) is -0.0206. The molecule has 202 valence electrons. The molecule has 5 rings (SSSR count). The first-order chi connectivity index (χ1) is 18.5. The maximum absolute atomic E-state index is 14.0. The van der Waals surface area contributed by atoms with E-state index in [2.05, 4.69) is 15.0 Å². The zero-order valence-electron chi connectivity index (χ0n) is 20.1. The van der Waals surface area contributed by atoms with Crippen LogP contribution in [0.15, 0.2) is 66.2 Å². The molecule has 14 heteroatoms. The average molecular weight is 592 g/mol. The van der Waals surface area contributed by atoms with E-state index in [-0.39, 0.29) is 22.7 Å². The first kappa shape index (κ1) is 26.8. The maximum Gasteiger partial charge on any atom is 0.330 e. The molecule has 9 nitrogen and oxygen atoms in total. The molecule has 1 fully saturated rings. The third kappa shape index (κ3) is 5.65. The van der Waals surface area contributed by atoms with Crippen LogP contribution < -0.4 is 19.7 Å². The number of aromatic nitrogens is 1. The fourth-order valence-corrected chi connectivity index (χ4v) is 6.06. The lowest BCUT2D eigenvalue weighted by atomic mass is 10.0. The summed E-state index contributed by atoms with van der Waals surface area (Å²) in [5.41, 5.74) is 1.36. The quantitative estimate of drug-likeness (QED) is 0.286. The molecule has 3 aromatic carbocycles. The first-order valence-corrected chi connectivity index (χ1v) is 14.2. The van der Waals surface area contributed by atoms with E-state index in [1.807, 2.05) is 4.72 Å². The average Bonchev–Trinajstić information content (AvgIpc) is 3.37. The van der Waals surface area contributed by atoms with Crippen LogP contribution in [0, 0.1) is 11.6 Å². The second-order valence-electron chi connectivity index (χ2n) is 8.97. The van der Waals surface area contributed by atoms with Gasteiger partial charge in [-0.3, -0.25) is 9.52 Å². The van der Waals surface area contributed by atoms with Crippen molar-refractivity contribution in [2.24, 2.45) is 0 Å². The fourth-order valence-electron chi connectivity index (χ4n) is 4.42. The normalized spacial score (nSPS) is 18.4. The van der Waals surface area contributed by atoms with E-state index in [1.54, 1.807) is 29.8 Å². The summed E-state index contributed by atoms with van der Waals surface area (Å²) in [6, 6.07) is 12.6. The third-order valence-corrected chi connectivity index (χ3v) is 8.28. The minimum atomic E-state index is -4.43. The minimum absolute atomic E-state index is 0.0206. The maximum atomic E-state index is 14.0. The van der Waals surface area contributed by atoms with Crippen LogP contribution in [0.1, 0.15) is 17.9 Å². The molecule has 0 bridgehead atoms. The summed E-state index contributed by atoms with van der Waals surface area (Å²) in [5.74, 6) is -3.13. The van der Waals surface area contributed by atoms with Crippen molar-refractivity contribution in [2.45, 2.75) is 17.9 Å². The molecule has 1 saturated carbocycles. The topological polar surface area (TPSA) is 121 Å². The largest absolute Gasteiger partial charge is 0.330 e. The number of benzene rings is 3. The molecule has 0 radical (unpaired) electrons. The van der Waals surface area contributed by atoms with Gasteiger partial charge in [-0.25, -0.2) is 23.3 Å². The lowest BCUT2D eigenvalue weighted by molar-refractivity contribution is -0.121. The molecule has 3 amide bonds. The summed E-state index contributed by atoms with van der Waals surface area (Å²) in [7, 11) is -2.95. The lowest BCUT2D eigenvalue weighted by Crippen LogP contribution is -2.55. The van der Waals surface area contributed by atoms with Gasteiger partial charge in [-0.1, -0.05) is 17.7 Å². The highest BCUT2D eigenvalue weighted by Crippen LogP contribution is 2.53. The van der Waals surface area contributed by atoms with E-state index in [9.17, 15) is 26.8 Å². The highest BCUT2D eigenvalue weighted by atomic mass is 35.5. The van der Waals surface area contributed by atoms with E-state index < -0.39 is 45.2 Å². The molecule has 1 aliphatic carbocycles. The molecular formula is C25H20ClF2N5O4S2. The Kier molecular flexibility index (Phi) is 6.91. The number of halogens is 3. The Morgan fingerprint density at radius 2 is 1.85 bits per heavy atom. The van der Waals surface area contributed by atoms with Crippen LogP contribution in [-0.2, 0) is 15.0 Å². The van der Waals surface area contributed by atoms with Crippen LogP contribution in [0.25, 0.3) is 10.2 Å². The smallest absolute Gasteiger partial charge is 0.322 e. The lowest BCUT2D eigenvalue weighted by Gasteiger charge is -2.26. The Bertz CT molecular complexity index is 1700. The molecule has 39 heavy (non-hydrogen) atoms. The van der Waals surface area contributed by atoms with Gasteiger partial charge in [0.05, 0.1) is 21.4 Å². The van der Waals surface area contributed by atoms with E-state index in [4.69, 9.17) is 11.6 Å². The number of rotatable bonds is 7. The molecule has 1 aliphatic rings. The van der Waals surface area contributed by atoms with Crippen LogP contribution in [0.2, 0.25) is 5.02 Å². The van der Waals surface area contributed by atoms with Crippen LogP contribution in [0.3, 0.4) is 0 Å². The molecule has 0 saturated heterocycles. The number of nitrogens with zero attached hydrogens (tertiary/aromatic N) is 2. The molecule has 0 spiro atoms. The van der Waals surface area contributed by atoms with Crippen LogP contribution in [0.5, 0.6) is 0 Å². The van der Waals surface area contributed by atoms with Crippen molar-refractivity contribution < 1.29 is 26.8 Å². The molecular weight excluding hydrogens is 572 g/mol. The number of nitrogens with one attached hydrogen (secondary N) is 3. The highest BCUT2D eigenvalue weighted by Gasteiger charge is 2.63. The van der Waals surface area contributed by atoms with Gasteiger partial charge in [0.2, 0.25) is 0 Å². The van der Waals surface area contributed by atoms with Crippen molar-refractivity contribution in [2.75, 3.05) is 16.7 Å². The second-order valence-corrected chi connectivity index (χ2v) is 11.7. The van der Waals surface area contributed by atoms with Gasteiger partial charge in [0, 0.05) is 29.7 Å². The van der Waals surface area contributed by atoms with Gasteiger partial charge in [-0.05, 0) is 60.5 Å². The number of likely N-dealkylation sites (N-methyl/N-ethyl adjacent to an activating group) is 1. The monoisotopic (exact) mass is 591 g/mol. The number of carbonyl (C=O) groups excluding carboxylic acids is 2. The zero-order valence-corrected chi connectivity index (χ0v) is 22.5. The second kappa shape index (κ2) is 10.1. The van der Waals surface area contributed by atoms with Crippen molar-refractivity contribution in [1.29, 1.82) is 0 Å². The summed E-state index contributed by atoms with van der Waals surface area (Å²) in [4.78, 5) is 32.2.